The minimum absolute atomic E-state index is 0.0585. The van der Waals surface area contributed by atoms with Crippen molar-refractivity contribution in [3.05, 3.63) is 48.0 Å². The molecule has 0 unspecified atom stereocenters. The fraction of sp³-hybridized carbons (Fsp3) is 0.333. The van der Waals surface area contributed by atoms with Gasteiger partial charge in [-0.1, -0.05) is 19.1 Å². The number of carbonyl (C=O) groups is 1. The van der Waals surface area contributed by atoms with Crippen LogP contribution < -0.4 is 10.1 Å². The van der Waals surface area contributed by atoms with E-state index >= 15 is 0 Å². The molecular formula is C24H23F2N3O3. The number of hydrogen-bond acceptors (Lipinski definition) is 4. The van der Waals surface area contributed by atoms with E-state index < -0.39 is 12.7 Å². The molecule has 0 aliphatic heterocycles. The molecule has 1 aromatic heterocycles. The Morgan fingerprint density at radius 1 is 1.25 bits per heavy atom. The first-order valence-electron chi connectivity index (χ1n) is 10.6. The Labute approximate surface area is 184 Å². The molecule has 1 saturated carbocycles. The van der Waals surface area contributed by atoms with Crippen LogP contribution in [0.5, 0.6) is 5.75 Å². The van der Waals surface area contributed by atoms with Crippen molar-refractivity contribution in [3.63, 3.8) is 0 Å². The zero-order valence-corrected chi connectivity index (χ0v) is 17.6. The highest BCUT2D eigenvalue weighted by Gasteiger charge is 2.27. The van der Waals surface area contributed by atoms with Crippen LogP contribution in [0.4, 0.5) is 19.3 Å². The average Bonchev–Trinajstić information content (AvgIpc) is 3.54. The van der Waals surface area contributed by atoms with Gasteiger partial charge in [-0.15, -0.1) is 0 Å². The first-order chi connectivity index (χ1) is 15.5. The van der Waals surface area contributed by atoms with Gasteiger partial charge in [0.1, 0.15) is 11.8 Å². The van der Waals surface area contributed by atoms with Crippen molar-refractivity contribution in [2.75, 3.05) is 11.9 Å². The number of nitrogens with zero attached hydrogens (tertiary/aromatic N) is 2. The molecule has 1 N–H and O–H groups in total. The average molecular weight is 439 g/mol. The maximum atomic E-state index is 12.7. The van der Waals surface area contributed by atoms with Crippen LogP contribution in [0.1, 0.15) is 31.7 Å². The van der Waals surface area contributed by atoms with Crippen LogP contribution in [-0.4, -0.2) is 23.9 Å². The van der Waals surface area contributed by atoms with Gasteiger partial charge in [0.05, 0.1) is 23.4 Å². The Balaban J connectivity index is 1.73. The number of fused-ring (bicyclic) bond motifs is 1. The highest BCUT2D eigenvalue weighted by atomic mass is 19.3. The largest absolute Gasteiger partial charge is 0.449 e. The van der Waals surface area contributed by atoms with Gasteiger partial charge < -0.3 is 14.0 Å². The number of anilines is 1. The van der Waals surface area contributed by atoms with E-state index in [1.807, 2.05) is 23.6 Å². The number of alkyl halides is 2. The van der Waals surface area contributed by atoms with Gasteiger partial charge in [-0.25, -0.2) is 4.79 Å². The van der Waals surface area contributed by atoms with Gasteiger partial charge in [-0.2, -0.15) is 14.0 Å². The van der Waals surface area contributed by atoms with E-state index in [-0.39, 0.29) is 5.75 Å². The zero-order valence-electron chi connectivity index (χ0n) is 17.6. The minimum atomic E-state index is -2.92. The normalized spacial score (nSPS) is 13.2. The summed E-state index contributed by atoms with van der Waals surface area (Å²) in [5.74, 6) is 0.549. The first-order valence-corrected chi connectivity index (χ1v) is 10.6. The Morgan fingerprint density at radius 2 is 2.00 bits per heavy atom. The minimum Gasteiger partial charge on any atom is -0.449 e. The number of amides is 1. The van der Waals surface area contributed by atoms with Gasteiger partial charge in [-0.3, -0.25) is 5.32 Å². The summed E-state index contributed by atoms with van der Waals surface area (Å²) in [5.41, 5.74) is 3.26. The third-order valence-corrected chi connectivity index (χ3v) is 5.35. The van der Waals surface area contributed by atoms with E-state index in [2.05, 4.69) is 16.1 Å². The maximum Gasteiger partial charge on any atom is 0.411 e. The Morgan fingerprint density at radius 3 is 2.62 bits per heavy atom. The van der Waals surface area contributed by atoms with E-state index in [0.717, 1.165) is 30.5 Å². The second-order valence-electron chi connectivity index (χ2n) is 7.79. The van der Waals surface area contributed by atoms with Gasteiger partial charge in [0.2, 0.25) is 0 Å². The van der Waals surface area contributed by atoms with Gasteiger partial charge in [-0.05, 0) is 55.0 Å². The number of hydrogen-bond donors (Lipinski definition) is 1. The van der Waals surface area contributed by atoms with Crippen LogP contribution in [0.25, 0.3) is 22.2 Å². The van der Waals surface area contributed by atoms with Crippen LogP contribution in [0.15, 0.2) is 42.5 Å². The van der Waals surface area contributed by atoms with Crippen LogP contribution in [-0.2, 0) is 11.3 Å². The van der Waals surface area contributed by atoms with Crippen molar-refractivity contribution in [2.24, 2.45) is 5.92 Å². The van der Waals surface area contributed by atoms with Gasteiger partial charge in [0.25, 0.3) is 0 Å². The third-order valence-electron chi connectivity index (χ3n) is 5.35. The number of aromatic nitrogens is 1. The van der Waals surface area contributed by atoms with Gasteiger partial charge >= 0.3 is 12.7 Å². The second kappa shape index (κ2) is 9.27. The maximum absolute atomic E-state index is 12.7. The number of nitriles is 1. The number of halogens is 2. The van der Waals surface area contributed by atoms with E-state index in [0.29, 0.717) is 41.2 Å². The summed E-state index contributed by atoms with van der Waals surface area (Å²) < 4.78 is 37.1. The van der Waals surface area contributed by atoms with Crippen molar-refractivity contribution in [1.29, 1.82) is 5.26 Å². The highest BCUT2D eigenvalue weighted by Crippen LogP contribution is 2.39. The molecule has 1 fully saturated rings. The lowest BCUT2D eigenvalue weighted by molar-refractivity contribution is -0.0497. The standard InChI is InChI=1S/C24H23F2N3O3/c1-2-11-31-24(30)28-17-7-5-16(6-8-17)22-20(13-27)19-10-9-18(32-23(25)26)12-21(19)29(22)14-15-3-4-15/h5-10,12,15,23H,2-4,11,14H2,1H3,(H,28,30). The van der Waals surface area contributed by atoms with Crippen molar-refractivity contribution < 1.29 is 23.0 Å². The molecule has 8 heteroatoms. The van der Waals surface area contributed by atoms with Crippen molar-refractivity contribution in [2.45, 2.75) is 39.3 Å². The summed E-state index contributed by atoms with van der Waals surface area (Å²) in [7, 11) is 0. The third kappa shape index (κ3) is 4.67. The molecule has 0 atom stereocenters. The summed E-state index contributed by atoms with van der Waals surface area (Å²) in [4.78, 5) is 11.8. The topological polar surface area (TPSA) is 76.3 Å². The SMILES string of the molecule is CCCOC(=O)Nc1ccc(-c2c(C#N)c3ccc(OC(F)F)cc3n2CC2CC2)cc1. The van der Waals surface area contributed by atoms with Crippen LogP contribution in [0.3, 0.4) is 0 Å². The molecular weight excluding hydrogens is 416 g/mol. The molecule has 6 nitrogen and oxygen atoms in total. The zero-order chi connectivity index (χ0) is 22.7. The molecule has 1 aliphatic rings. The molecule has 2 aromatic carbocycles. The molecule has 0 bridgehead atoms. The highest BCUT2D eigenvalue weighted by molar-refractivity contribution is 5.95. The Hall–Kier alpha value is -3.60. The summed E-state index contributed by atoms with van der Waals surface area (Å²) in [5, 5.41) is 13.3. The summed E-state index contributed by atoms with van der Waals surface area (Å²) in [6.45, 7) is 0.0273. The molecule has 3 aromatic rings. The molecule has 166 valence electrons. The Bertz CT molecular complexity index is 1160. The number of benzene rings is 2. The predicted octanol–water partition coefficient (Wildman–Crippen LogP) is 6.15. The molecule has 1 aliphatic carbocycles. The molecule has 0 spiro atoms. The quantitative estimate of drug-likeness (QED) is 0.457. The lowest BCUT2D eigenvalue weighted by Crippen LogP contribution is -2.13. The molecule has 32 heavy (non-hydrogen) atoms. The van der Waals surface area contributed by atoms with E-state index in [1.165, 1.54) is 6.07 Å². The molecule has 1 heterocycles. The smallest absolute Gasteiger partial charge is 0.411 e. The van der Waals surface area contributed by atoms with Crippen LogP contribution in [0, 0.1) is 17.2 Å². The number of rotatable bonds is 8. The Kier molecular flexibility index (Phi) is 6.26. The second-order valence-corrected chi connectivity index (χ2v) is 7.79. The fourth-order valence-electron chi connectivity index (χ4n) is 3.73. The number of carbonyl (C=O) groups excluding carboxylic acids is 1. The van der Waals surface area contributed by atoms with Gasteiger partial charge in [0.15, 0.2) is 0 Å². The lowest BCUT2D eigenvalue weighted by atomic mass is 10.1. The molecule has 4 rings (SSSR count). The van der Waals surface area contributed by atoms with Crippen LogP contribution >= 0.6 is 0 Å². The summed E-state index contributed by atoms with van der Waals surface area (Å²) in [6.07, 6.45) is 2.40. The lowest BCUT2D eigenvalue weighted by Gasteiger charge is -2.12. The monoisotopic (exact) mass is 439 g/mol. The van der Waals surface area contributed by atoms with Crippen molar-refractivity contribution in [1.82, 2.24) is 4.57 Å². The van der Waals surface area contributed by atoms with Crippen LogP contribution in [0.2, 0.25) is 0 Å². The summed E-state index contributed by atoms with van der Waals surface area (Å²) in [6, 6.07) is 14.1. The number of nitrogens with one attached hydrogen (secondary N) is 1. The molecule has 0 saturated heterocycles. The van der Waals surface area contributed by atoms with E-state index in [9.17, 15) is 18.8 Å². The fourth-order valence-corrected chi connectivity index (χ4v) is 3.73. The summed E-state index contributed by atoms with van der Waals surface area (Å²) >= 11 is 0. The van der Waals surface area contributed by atoms with Crippen molar-refractivity contribution >= 4 is 22.7 Å². The first kappa shape index (κ1) is 21.6. The van der Waals surface area contributed by atoms with E-state index in [1.54, 1.807) is 24.3 Å². The van der Waals surface area contributed by atoms with Gasteiger partial charge in [0, 0.05) is 23.7 Å². The number of ether oxygens (including phenoxy) is 2. The van der Waals surface area contributed by atoms with Crippen molar-refractivity contribution in [3.8, 4) is 23.1 Å². The molecule has 1 amide bonds. The van der Waals surface area contributed by atoms with E-state index in [4.69, 9.17) is 4.74 Å². The predicted molar refractivity (Wildman–Crippen MR) is 117 cm³/mol. The molecule has 0 radical (unpaired) electrons.